The van der Waals surface area contributed by atoms with E-state index in [1.807, 2.05) is 0 Å². The van der Waals surface area contributed by atoms with Gasteiger partial charge in [-0.25, -0.2) is 0 Å². The standard InChI is InChI=1S/C62H108O6/c1-4-7-10-13-16-19-22-25-27-29-31-33-35-37-40-43-46-49-52-55-61(64)67-58-59(57-66-60(63)54-51-48-45-42-39-24-21-18-15-12-9-6-3)68-62(65)56-53-50-47-44-41-38-36-34-32-30-28-26-23-20-17-14-11-8-5-2/h7,10,16,18-19,21,25-28,31,33,59H,4-6,8-9,11-15,17,20,22-24,29-30,32,34-58H2,1-3H3/b10-7-,19-16-,21-18-,27-25-,28-26-,33-31-. The second kappa shape index (κ2) is 56.4. The van der Waals surface area contributed by atoms with Gasteiger partial charge in [0.2, 0.25) is 0 Å². The highest BCUT2D eigenvalue weighted by atomic mass is 16.6. The summed E-state index contributed by atoms with van der Waals surface area (Å²) in [6.45, 7) is 6.50. The predicted molar refractivity (Wildman–Crippen MR) is 293 cm³/mol. The van der Waals surface area contributed by atoms with Crippen LogP contribution in [-0.4, -0.2) is 37.2 Å². The average molecular weight is 950 g/mol. The van der Waals surface area contributed by atoms with Gasteiger partial charge in [-0.1, -0.05) is 229 Å². The molecule has 1 unspecified atom stereocenters. The van der Waals surface area contributed by atoms with Crippen molar-refractivity contribution in [2.24, 2.45) is 0 Å². The zero-order chi connectivity index (χ0) is 49.3. The Kier molecular flexibility index (Phi) is 53.8. The molecule has 0 spiro atoms. The van der Waals surface area contributed by atoms with Crippen molar-refractivity contribution in [1.29, 1.82) is 0 Å². The first-order chi connectivity index (χ1) is 33.5. The van der Waals surface area contributed by atoms with Crippen LogP contribution in [0, 0.1) is 0 Å². The third-order valence-corrected chi connectivity index (χ3v) is 12.4. The van der Waals surface area contributed by atoms with Crippen LogP contribution in [0.15, 0.2) is 72.9 Å². The summed E-state index contributed by atoms with van der Waals surface area (Å²) in [7, 11) is 0. The van der Waals surface area contributed by atoms with Gasteiger partial charge in [-0.05, 0) is 109 Å². The van der Waals surface area contributed by atoms with Gasteiger partial charge < -0.3 is 14.2 Å². The van der Waals surface area contributed by atoms with Gasteiger partial charge in [-0.3, -0.25) is 14.4 Å². The number of carbonyl (C=O) groups is 3. The maximum absolute atomic E-state index is 12.9. The zero-order valence-corrected chi connectivity index (χ0v) is 44.9. The maximum atomic E-state index is 12.9. The van der Waals surface area contributed by atoms with Crippen LogP contribution in [0.2, 0.25) is 0 Å². The summed E-state index contributed by atoms with van der Waals surface area (Å²) in [5.74, 6) is -0.901. The Balaban J connectivity index is 4.37. The lowest BCUT2D eigenvalue weighted by Crippen LogP contribution is -2.30. The lowest BCUT2D eigenvalue weighted by molar-refractivity contribution is -0.167. The molecule has 392 valence electrons. The van der Waals surface area contributed by atoms with Gasteiger partial charge in [0.05, 0.1) is 0 Å². The first-order valence-corrected chi connectivity index (χ1v) is 28.9. The van der Waals surface area contributed by atoms with E-state index >= 15 is 0 Å². The van der Waals surface area contributed by atoms with Crippen LogP contribution in [0.5, 0.6) is 0 Å². The largest absolute Gasteiger partial charge is 0.462 e. The molecule has 6 heteroatoms. The summed E-state index contributed by atoms with van der Waals surface area (Å²) in [6, 6.07) is 0. The van der Waals surface area contributed by atoms with E-state index in [0.717, 1.165) is 96.3 Å². The van der Waals surface area contributed by atoms with Crippen LogP contribution in [0.25, 0.3) is 0 Å². The third kappa shape index (κ3) is 53.8. The molecule has 0 rings (SSSR count). The molecule has 0 aromatic carbocycles. The Morgan fingerprint density at radius 1 is 0.309 bits per heavy atom. The number of allylic oxidation sites excluding steroid dienone is 12. The molecule has 0 N–H and O–H groups in total. The minimum Gasteiger partial charge on any atom is -0.462 e. The first-order valence-electron chi connectivity index (χ1n) is 28.9. The average Bonchev–Trinajstić information content (AvgIpc) is 3.34. The number of hydrogen-bond acceptors (Lipinski definition) is 6. The Labute approximate surface area is 421 Å². The molecule has 1 atom stereocenters. The van der Waals surface area contributed by atoms with Crippen LogP contribution in [-0.2, 0) is 28.6 Å². The van der Waals surface area contributed by atoms with Gasteiger partial charge in [0.25, 0.3) is 0 Å². The van der Waals surface area contributed by atoms with Crippen LogP contribution >= 0.6 is 0 Å². The van der Waals surface area contributed by atoms with E-state index in [9.17, 15) is 14.4 Å². The minimum atomic E-state index is -0.786. The smallest absolute Gasteiger partial charge is 0.306 e. The molecule has 0 aromatic rings. The first kappa shape index (κ1) is 64.8. The number of carbonyl (C=O) groups excluding carboxylic acids is 3. The van der Waals surface area contributed by atoms with E-state index in [4.69, 9.17) is 14.2 Å². The molecule has 0 heterocycles. The third-order valence-electron chi connectivity index (χ3n) is 12.4. The number of unbranched alkanes of at least 4 members (excludes halogenated alkanes) is 29. The van der Waals surface area contributed by atoms with Crippen molar-refractivity contribution in [1.82, 2.24) is 0 Å². The van der Waals surface area contributed by atoms with E-state index in [0.29, 0.717) is 19.3 Å². The molecule has 68 heavy (non-hydrogen) atoms. The molecule has 6 nitrogen and oxygen atoms in total. The summed E-state index contributed by atoms with van der Waals surface area (Å²) in [4.78, 5) is 38.1. The monoisotopic (exact) mass is 949 g/mol. The summed E-state index contributed by atoms with van der Waals surface area (Å²) >= 11 is 0. The topological polar surface area (TPSA) is 78.9 Å². The lowest BCUT2D eigenvalue weighted by Gasteiger charge is -2.18. The van der Waals surface area contributed by atoms with Gasteiger partial charge in [-0.15, -0.1) is 0 Å². The SMILES string of the molecule is CC/C=C\C/C=C\C/C=C\C/C=C\CCCCCCCCC(=O)OCC(COC(=O)CCCCCCC/C=C\CCCCC)OC(=O)CCCCCCCCCCC/C=C\CCCCCCCC. The highest BCUT2D eigenvalue weighted by Crippen LogP contribution is 2.15. The summed E-state index contributed by atoms with van der Waals surface area (Å²) in [5, 5.41) is 0. The molecule has 0 aromatic heterocycles. The minimum absolute atomic E-state index is 0.0845. The van der Waals surface area contributed by atoms with Gasteiger partial charge in [0.1, 0.15) is 13.2 Å². The molecule has 0 saturated heterocycles. The second-order valence-corrected chi connectivity index (χ2v) is 19.2. The lowest BCUT2D eigenvalue weighted by atomic mass is 10.1. The molecular weight excluding hydrogens is 841 g/mol. The van der Waals surface area contributed by atoms with Crippen molar-refractivity contribution in [3.63, 3.8) is 0 Å². The molecule has 0 bridgehead atoms. The van der Waals surface area contributed by atoms with E-state index in [2.05, 4.69) is 93.7 Å². The maximum Gasteiger partial charge on any atom is 0.306 e. The van der Waals surface area contributed by atoms with Crippen molar-refractivity contribution >= 4 is 17.9 Å². The fourth-order valence-corrected chi connectivity index (χ4v) is 8.07. The van der Waals surface area contributed by atoms with Crippen molar-refractivity contribution in [2.45, 2.75) is 290 Å². The van der Waals surface area contributed by atoms with E-state index in [1.54, 1.807) is 0 Å². The highest BCUT2D eigenvalue weighted by Gasteiger charge is 2.19. The van der Waals surface area contributed by atoms with E-state index < -0.39 is 6.10 Å². The zero-order valence-electron chi connectivity index (χ0n) is 44.9. The van der Waals surface area contributed by atoms with Gasteiger partial charge in [0.15, 0.2) is 6.10 Å². The number of esters is 3. The van der Waals surface area contributed by atoms with Crippen LogP contribution in [0.1, 0.15) is 284 Å². The molecule has 0 aliphatic heterocycles. The van der Waals surface area contributed by atoms with Gasteiger partial charge in [-0.2, -0.15) is 0 Å². The fourth-order valence-electron chi connectivity index (χ4n) is 8.07. The normalized spacial score (nSPS) is 12.6. The van der Waals surface area contributed by atoms with E-state index in [-0.39, 0.29) is 31.1 Å². The molecule has 0 amide bonds. The van der Waals surface area contributed by atoms with E-state index in [1.165, 1.54) is 148 Å². The number of ether oxygens (including phenoxy) is 3. The summed E-state index contributed by atoms with van der Waals surface area (Å²) in [6.07, 6.45) is 71.7. The highest BCUT2D eigenvalue weighted by molar-refractivity contribution is 5.71. The number of hydrogen-bond donors (Lipinski definition) is 0. The van der Waals surface area contributed by atoms with Crippen molar-refractivity contribution in [3.05, 3.63) is 72.9 Å². The molecule has 0 saturated carbocycles. The van der Waals surface area contributed by atoms with Crippen LogP contribution in [0.4, 0.5) is 0 Å². The van der Waals surface area contributed by atoms with Gasteiger partial charge in [0, 0.05) is 19.3 Å². The molecule has 0 fully saturated rings. The summed E-state index contributed by atoms with van der Waals surface area (Å²) in [5.41, 5.74) is 0. The molecule has 0 aliphatic rings. The number of rotatable bonds is 52. The molecule has 0 radical (unpaired) electrons. The second-order valence-electron chi connectivity index (χ2n) is 19.2. The Hall–Kier alpha value is -3.15. The van der Waals surface area contributed by atoms with Crippen molar-refractivity contribution in [2.75, 3.05) is 13.2 Å². The fraction of sp³-hybridized carbons (Fsp3) is 0.758. The Morgan fingerprint density at radius 3 is 0.941 bits per heavy atom. The summed E-state index contributed by atoms with van der Waals surface area (Å²) < 4.78 is 16.9. The predicted octanol–water partition coefficient (Wildman–Crippen LogP) is 19.4. The van der Waals surface area contributed by atoms with Gasteiger partial charge >= 0.3 is 17.9 Å². The van der Waals surface area contributed by atoms with Crippen molar-refractivity contribution in [3.8, 4) is 0 Å². The Morgan fingerprint density at radius 2 is 0.574 bits per heavy atom. The Bertz CT molecular complexity index is 1270. The molecule has 0 aliphatic carbocycles. The molecular formula is C62H108O6. The van der Waals surface area contributed by atoms with Crippen molar-refractivity contribution < 1.29 is 28.6 Å². The van der Waals surface area contributed by atoms with Crippen LogP contribution < -0.4 is 0 Å². The quantitative estimate of drug-likeness (QED) is 0.0262. The van der Waals surface area contributed by atoms with Crippen LogP contribution in [0.3, 0.4) is 0 Å².